The molecule has 0 radical (unpaired) electrons. The third kappa shape index (κ3) is 3.63. The predicted molar refractivity (Wildman–Crippen MR) is 98.5 cm³/mol. The van der Waals surface area contributed by atoms with Crippen LogP contribution in [-0.2, 0) is 4.74 Å². The standard InChI is InChI=1S/C21H23NO4/c1-13-7-8-14(2)18(9-13)19-11-22(15(3)12-26-19)20(23)16-5-4-6-17(10-16)21(24)25/h4-10,15,19H,11-12H2,1-3H3,(H,24,25). The molecule has 5 heteroatoms. The van der Waals surface area contributed by atoms with Gasteiger partial charge in [-0.25, -0.2) is 4.79 Å². The molecule has 5 nitrogen and oxygen atoms in total. The van der Waals surface area contributed by atoms with Crippen LogP contribution in [0.1, 0.15) is 50.4 Å². The first kappa shape index (κ1) is 18.1. The number of carbonyl (C=O) groups excluding carboxylic acids is 1. The van der Waals surface area contributed by atoms with Crippen LogP contribution in [-0.4, -0.2) is 41.1 Å². The van der Waals surface area contributed by atoms with Crippen molar-refractivity contribution >= 4 is 11.9 Å². The summed E-state index contributed by atoms with van der Waals surface area (Å²) in [7, 11) is 0. The van der Waals surface area contributed by atoms with Crippen molar-refractivity contribution in [3.8, 4) is 0 Å². The lowest BCUT2D eigenvalue weighted by atomic mass is 9.98. The molecule has 2 atom stereocenters. The Morgan fingerprint density at radius 1 is 1.12 bits per heavy atom. The average Bonchev–Trinajstić information content (AvgIpc) is 2.64. The van der Waals surface area contributed by atoms with E-state index in [4.69, 9.17) is 9.84 Å². The minimum Gasteiger partial charge on any atom is -0.478 e. The first-order chi connectivity index (χ1) is 12.4. The SMILES string of the molecule is Cc1ccc(C)c(C2CN(C(=O)c3cccc(C(=O)O)c3)C(C)CO2)c1. The number of carbonyl (C=O) groups is 2. The number of carboxylic acid groups (broad SMARTS) is 1. The van der Waals surface area contributed by atoms with Crippen molar-refractivity contribution in [1.82, 2.24) is 4.90 Å². The van der Waals surface area contributed by atoms with Gasteiger partial charge in [0.05, 0.1) is 24.8 Å². The molecule has 1 aliphatic rings. The molecule has 2 unspecified atom stereocenters. The van der Waals surface area contributed by atoms with Crippen LogP contribution in [0.5, 0.6) is 0 Å². The second-order valence-electron chi connectivity index (χ2n) is 6.87. The lowest BCUT2D eigenvalue weighted by Crippen LogP contribution is -2.48. The Labute approximate surface area is 153 Å². The van der Waals surface area contributed by atoms with E-state index in [0.29, 0.717) is 18.7 Å². The molecular formula is C21H23NO4. The van der Waals surface area contributed by atoms with Gasteiger partial charge in [-0.05, 0) is 50.1 Å². The topological polar surface area (TPSA) is 66.8 Å². The fourth-order valence-electron chi connectivity index (χ4n) is 3.29. The van der Waals surface area contributed by atoms with Gasteiger partial charge in [-0.1, -0.05) is 29.8 Å². The van der Waals surface area contributed by atoms with E-state index in [1.54, 1.807) is 17.0 Å². The quantitative estimate of drug-likeness (QED) is 0.915. The fourth-order valence-corrected chi connectivity index (χ4v) is 3.29. The van der Waals surface area contributed by atoms with Gasteiger partial charge in [-0.2, -0.15) is 0 Å². The zero-order valence-corrected chi connectivity index (χ0v) is 15.2. The van der Waals surface area contributed by atoms with E-state index in [0.717, 1.165) is 16.7 Å². The van der Waals surface area contributed by atoms with E-state index in [1.165, 1.54) is 12.1 Å². The van der Waals surface area contributed by atoms with Gasteiger partial charge in [-0.3, -0.25) is 4.79 Å². The monoisotopic (exact) mass is 353 g/mol. The van der Waals surface area contributed by atoms with Crippen molar-refractivity contribution in [1.29, 1.82) is 0 Å². The first-order valence-electron chi connectivity index (χ1n) is 8.70. The van der Waals surface area contributed by atoms with Crippen molar-refractivity contribution in [3.05, 3.63) is 70.3 Å². The molecule has 26 heavy (non-hydrogen) atoms. The van der Waals surface area contributed by atoms with Crippen LogP contribution in [0.25, 0.3) is 0 Å². The highest BCUT2D eigenvalue weighted by atomic mass is 16.5. The molecule has 0 aliphatic carbocycles. The van der Waals surface area contributed by atoms with Crippen LogP contribution >= 0.6 is 0 Å². The van der Waals surface area contributed by atoms with Crippen molar-refractivity contribution < 1.29 is 19.4 Å². The summed E-state index contributed by atoms with van der Waals surface area (Å²) < 4.78 is 6.00. The Kier molecular flexibility index (Phi) is 5.09. The molecule has 1 heterocycles. The van der Waals surface area contributed by atoms with Crippen molar-refractivity contribution in [2.24, 2.45) is 0 Å². The lowest BCUT2D eigenvalue weighted by Gasteiger charge is -2.38. The van der Waals surface area contributed by atoms with Gasteiger partial charge < -0.3 is 14.7 Å². The van der Waals surface area contributed by atoms with E-state index in [1.807, 2.05) is 20.8 Å². The third-order valence-electron chi connectivity index (χ3n) is 4.83. The van der Waals surface area contributed by atoms with Crippen molar-refractivity contribution in [2.75, 3.05) is 13.2 Å². The molecular weight excluding hydrogens is 330 g/mol. The van der Waals surface area contributed by atoms with E-state index in [2.05, 4.69) is 18.2 Å². The minimum atomic E-state index is -1.04. The summed E-state index contributed by atoms with van der Waals surface area (Å²) in [6.07, 6.45) is -0.183. The highest BCUT2D eigenvalue weighted by molar-refractivity contribution is 5.97. The van der Waals surface area contributed by atoms with Crippen molar-refractivity contribution in [3.63, 3.8) is 0 Å². The molecule has 0 bridgehead atoms. The van der Waals surface area contributed by atoms with Crippen LogP contribution in [0.2, 0.25) is 0 Å². The number of rotatable bonds is 3. The van der Waals surface area contributed by atoms with E-state index in [9.17, 15) is 9.59 Å². The highest BCUT2D eigenvalue weighted by Crippen LogP contribution is 2.29. The Morgan fingerprint density at radius 2 is 1.85 bits per heavy atom. The Balaban J connectivity index is 1.86. The summed E-state index contributed by atoms with van der Waals surface area (Å²) in [5.41, 5.74) is 3.88. The van der Waals surface area contributed by atoms with Crippen molar-refractivity contribution in [2.45, 2.75) is 32.9 Å². The van der Waals surface area contributed by atoms with Gasteiger partial charge in [0.15, 0.2) is 0 Å². The average molecular weight is 353 g/mol. The lowest BCUT2D eigenvalue weighted by molar-refractivity contribution is -0.0489. The maximum absolute atomic E-state index is 13.0. The second kappa shape index (κ2) is 7.30. The first-order valence-corrected chi connectivity index (χ1v) is 8.70. The summed E-state index contributed by atoms with van der Waals surface area (Å²) in [6.45, 7) is 6.91. The van der Waals surface area contributed by atoms with Crippen LogP contribution in [0.15, 0.2) is 42.5 Å². The smallest absolute Gasteiger partial charge is 0.335 e. The molecule has 3 rings (SSSR count). The zero-order valence-electron chi connectivity index (χ0n) is 15.2. The number of ether oxygens (including phenoxy) is 1. The summed E-state index contributed by atoms with van der Waals surface area (Å²) in [5, 5.41) is 9.16. The molecule has 1 fully saturated rings. The fraction of sp³-hybridized carbons (Fsp3) is 0.333. The molecule has 1 saturated heterocycles. The van der Waals surface area contributed by atoms with Crippen LogP contribution in [0, 0.1) is 13.8 Å². The molecule has 0 aromatic heterocycles. The molecule has 2 aromatic rings. The van der Waals surface area contributed by atoms with Gasteiger partial charge in [0.1, 0.15) is 6.10 Å². The zero-order chi connectivity index (χ0) is 18.8. The number of benzene rings is 2. The van der Waals surface area contributed by atoms with Gasteiger partial charge in [0, 0.05) is 5.56 Å². The number of morpholine rings is 1. The number of hydrogen-bond donors (Lipinski definition) is 1. The summed E-state index contributed by atoms with van der Waals surface area (Å²) >= 11 is 0. The molecule has 1 amide bonds. The number of nitrogens with zero attached hydrogens (tertiary/aromatic N) is 1. The number of carboxylic acids is 1. The Hall–Kier alpha value is -2.66. The highest BCUT2D eigenvalue weighted by Gasteiger charge is 2.32. The molecule has 1 N–H and O–H groups in total. The summed E-state index contributed by atoms with van der Waals surface area (Å²) in [5.74, 6) is -1.21. The van der Waals surface area contributed by atoms with Crippen LogP contribution < -0.4 is 0 Å². The molecule has 136 valence electrons. The molecule has 0 saturated carbocycles. The van der Waals surface area contributed by atoms with Crippen LogP contribution in [0.3, 0.4) is 0 Å². The second-order valence-corrected chi connectivity index (χ2v) is 6.87. The number of aryl methyl sites for hydroxylation is 2. The van der Waals surface area contributed by atoms with Gasteiger partial charge >= 0.3 is 5.97 Å². The molecule has 1 aliphatic heterocycles. The maximum atomic E-state index is 13.0. The summed E-state index contributed by atoms with van der Waals surface area (Å²) in [6, 6.07) is 12.3. The number of aromatic carboxylic acids is 1. The van der Waals surface area contributed by atoms with Crippen LogP contribution in [0.4, 0.5) is 0 Å². The summed E-state index contributed by atoms with van der Waals surface area (Å²) in [4.78, 5) is 25.9. The Bertz CT molecular complexity index is 846. The van der Waals surface area contributed by atoms with E-state index >= 15 is 0 Å². The maximum Gasteiger partial charge on any atom is 0.335 e. The third-order valence-corrected chi connectivity index (χ3v) is 4.83. The minimum absolute atomic E-state index is 0.0719. The van der Waals surface area contributed by atoms with E-state index < -0.39 is 5.97 Å². The van der Waals surface area contributed by atoms with Gasteiger partial charge in [0.2, 0.25) is 0 Å². The predicted octanol–water partition coefficient (Wildman–Crippen LogP) is 3.60. The van der Waals surface area contributed by atoms with Gasteiger partial charge in [-0.15, -0.1) is 0 Å². The molecule has 2 aromatic carbocycles. The van der Waals surface area contributed by atoms with E-state index in [-0.39, 0.29) is 23.6 Å². The van der Waals surface area contributed by atoms with Gasteiger partial charge in [0.25, 0.3) is 5.91 Å². The largest absolute Gasteiger partial charge is 0.478 e. The number of amides is 1. The number of hydrogen-bond acceptors (Lipinski definition) is 3. The Morgan fingerprint density at radius 3 is 2.58 bits per heavy atom. The molecule has 0 spiro atoms. The normalized spacial score (nSPS) is 20.0.